The number of hydrogen-bond acceptors (Lipinski definition) is 4. The van der Waals surface area contributed by atoms with Gasteiger partial charge in [-0.15, -0.1) is 0 Å². The molecule has 2 aliphatic rings. The van der Waals surface area contributed by atoms with Crippen molar-refractivity contribution in [2.45, 2.75) is 25.9 Å². The zero-order chi connectivity index (χ0) is 12.5. The van der Waals surface area contributed by atoms with Crippen molar-refractivity contribution in [3.05, 3.63) is 23.8 Å². The zero-order valence-electron chi connectivity index (χ0n) is 10.1. The Balaban J connectivity index is 1.98. The van der Waals surface area contributed by atoms with Crippen LogP contribution in [-0.2, 0) is 11.3 Å². The first-order chi connectivity index (χ1) is 8.77. The number of hydrogen-bond donors (Lipinski definition) is 1. The third kappa shape index (κ3) is 1.80. The van der Waals surface area contributed by atoms with Crippen molar-refractivity contribution in [1.82, 2.24) is 5.01 Å². The quantitative estimate of drug-likeness (QED) is 0.828. The van der Waals surface area contributed by atoms with Gasteiger partial charge in [-0.25, -0.2) is 14.8 Å². The van der Waals surface area contributed by atoms with E-state index in [1.807, 2.05) is 11.1 Å². The third-order valence-corrected chi connectivity index (χ3v) is 3.48. The Bertz CT molecular complexity index is 469. The van der Waals surface area contributed by atoms with E-state index >= 15 is 0 Å². The molecule has 5 nitrogen and oxygen atoms in total. The molecule has 2 aliphatic heterocycles. The largest absolute Gasteiger partial charge is 0.507 e. The van der Waals surface area contributed by atoms with Gasteiger partial charge in [0.25, 0.3) is 0 Å². The number of anilines is 1. The third-order valence-electron chi connectivity index (χ3n) is 3.48. The Morgan fingerprint density at radius 1 is 1.17 bits per heavy atom. The Hall–Kier alpha value is -1.75. The van der Waals surface area contributed by atoms with Crippen LogP contribution >= 0.6 is 0 Å². The van der Waals surface area contributed by atoms with E-state index < -0.39 is 0 Å². The lowest BCUT2D eigenvalue weighted by atomic mass is 10.1. The summed E-state index contributed by atoms with van der Waals surface area (Å²) in [7, 11) is 0. The summed E-state index contributed by atoms with van der Waals surface area (Å²) >= 11 is 0. The van der Waals surface area contributed by atoms with Crippen molar-refractivity contribution in [1.29, 1.82) is 0 Å². The number of carbonyl (C=O) groups excluding carboxylic acids is 1. The molecule has 1 saturated heterocycles. The molecule has 0 saturated carbocycles. The minimum atomic E-state index is -0.352. The molecule has 0 spiro atoms. The standard InChI is InChI=1S/C13H16N2O3/c16-12-6-4-5-11-10(12)9-18-13(17)15(11)14-7-2-1-3-8-14/h4-6,16H,1-3,7-9H2. The fourth-order valence-electron chi connectivity index (χ4n) is 2.55. The SMILES string of the molecule is O=C1OCc2c(O)cccc2N1N1CCCCC1. The molecule has 0 aliphatic carbocycles. The number of amides is 1. The first-order valence-electron chi connectivity index (χ1n) is 6.30. The van der Waals surface area contributed by atoms with Gasteiger partial charge in [-0.1, -0.05) is 12.5 Å². The maximum absolute atomic E-state index is 11.9. The summed E-state index contributed by atoms with van der Waals surface area (Å²) in [4.78, 5) is 11.9. The minimum absolute atomic E-state index is 0.144. The molecule has 0 aromatic heterocycles. The van der Waals surface area contributed by atoms with Crippen LogP contribution in [-0.4, -0.2) is 29.3 Å². The number of piperidine rings is 1. The molecule has 5 heteroatoms. The summed E-state index contributed by atoms with van der Waals surface area (Å²) in [6, 6.07) is 5.22. The molecule has 1 fully saturated rings. The molecule has 96 valence electrons. The number of phenolic OH excluding ortho intramolecular Hbond substituents is 1. The fourth-order valence-corrected chi connectivity index (χ4v) is 2.55. The predicted molar refractivity (Wildman–Crippen MR) is 66.2 cm³/mol. The number of carbonyl (C=O) groups is 1. The van der Waals surface area contributed by atoms with Crippen molar-refractivity contribution in [2.75, 3.05) is 18.1 Å². The van der Waals surface area contributed by atoms with E-state index in [0.717, 1.165) is 31.6 Å². The number of nitrogens with zero attached hydrogens (tertiary/aromatic N) is 2. The van der Waals surface area contributed by atoms with Crippen molar-refractivity contribution in [3.8, 4) is 5.75 Å². The molecule has 1 aromatic carbocycles. The topological polar surface area (TPSA) is 53.0 Å². The number of hydrazine groups is 1. The summed E-state index contributed by atoms with van der Waals surface area (Å²) in [5.74, 6) is 0.182. The number of aromatic hydroxyl groups is 1. The van der Waals surface area contributed by atoms with E-state index in [1.54, 1.807) is 17.1 Å². The number of rotatable bonds is 1. The van der Waals surface area contributed by atoms with E-state index in [9.17, 15) is 9.90 Å². The summed E-state index contributed by atoms with van der Waals surface area (Å²) in [5, 5.41) is 13.4. The molecule has 1 amide bonds. The zero-order valence-corrected chi connectivity index (χ0v) is 10.1. The van der Waals surface area contributed by atoms with Gasteiger partial charge in [-0.2, -0.15) is 0 Å². The number of benzene rings is 1. The van der Waals surface area contributed by atoms with Crippen LogP contribution in [0.25, 0.3) is 0 Å². The van der Waals surface area contributed by atoms with Gasteiger partial charge in [0.05, 0.1) is 11.3 Å². The Kier molecular flexibility index (Phi) is 2.83. The lowest BCUT2D eigenvalue weighted by molar-refractivity contribution is 0.107. The molecular formula is C13H16N2O3. The van der Waals surface area contributed by atoms with Gasteiger partial charge >= 0.3 is 6.09 Å². The maximum atomic E-state index is 11.9. The van der Waals surface area contributed by atoms with Gasteiger partial charge < -0.3 is 9.84 Å². The second kappa shape index (κ2) is 4.49. The summed E-state index contributed by atoms with van der Waals surface area (Å²) in [5.41, 5.74) is 1.43. The van der Waals surface area contributed by atoms with Gasteiger partial charge in [0.2, 0.25) is 0 Å². The highest BCUT2D eigenvalue weighted by molar-refractivity contribution is 5.90. The van der Waals surface area contributed by atoms with Crippen LogP contribution in [0.5, 0.6) is 5.75 Å². The molecule has 18 heavy (non-hydrogen) atoms. The molecule has 0 bridgehead atoms. The van der Waals surface area contributed by atoms with Crippen LogP contribution < -0.4 is 5.01 Å². The van der Waals surface area contributed by atoms with Crippen molar-refractivity contribution >= 4 is 11.8 Å². The summed E-state index contributed by atoms with van der Waals surface area (Å²) in [6.07, 6.45) is 3.01. The van der Waals surface area contributed by atoms with Crippen LogP contribution in [0.2, 0.25) is 0 Å². The van der Waals surface area contributed by atoms with Gasteiger partial charge in [0, 0.05) is 13.1 Å². The summed E-state index contributed by atoms with van der Waals surface area (Å²) < 4.78 is 5.14. The van der Waals surface area contributed by atoms with Crippen LogP contribution in [0, 0.1) is 0 Å². The smallest absolute Gasteiger partial charge is 0.429 e. The van der Waals surface area contributed by atoms with E-state index in [1.165, 1.54) is 6.42 Å². The number of ether oxygens (including phenoxy) is 1. The first kappa shape index (κ1) is 11.3. The second-order valence-corrected chi connectivity index (χ2v) is 4.66. The first-order valence-corrected chi connectivity index (χ1v) is 6.30. The van der Waals surface area contributed by atoms with Gasteiger partial charge in [0.15, 0.2) is 0 Å². The average Bonchev–Trinajstić information content (AvgIpc) is 2.40. The predicted octanol–water partition coefficient (Wildman–Crippen LogP) is 2.25. The van der Waals surface area contributed by atoms with Crippen LogP contribution in [0.4, 0.5) is 10.5 Å². The van der Waals surface area contributed by atoms with Crippen LogP contribution in [0.15, 0.2) is 18.2 Å². The number of cyclic esters (lactones) is 1. The number of fused-ring (bicyclic) bond motifs is 1. The highest BCUT2D eigenvalue weighted by atomic mass is 16.6. The van der Waals surface area contributed by atoms with Crippen molar-refractivity contribution in [2.24, 2.45) is 0 Å². The van der Waals surface area contributed by atoms with E-state index in [2.05, 4.69) is 0 Å². The molecule has 2 heterocycles. The van der Waals surface area contributed by atoms with Crippen molar-refractivity contribution in [3.63, 3.8) is 0 Å². The fraction of sp³-hybridized carbons (Fsp3) is 0.462. The van der Waals surface area contributed by atoms with E-state index in [4.69, 9.17) is 4.74 Å². The Morgan fingerprint density at radius 3 is 2.72 bits per heavy atom. The molecule has 1 aromatic rings. The van der Waals surface area contributed by atoms with Gasteiger partial charge in [-0.3, -0.25) is 0 Å². The Labute approximate surface area is 106 Å². The van der Waals surface area contributed by atoms with Crippen molar-refractivity contribution < 1.29 is 14.6 Å². The molecule has 0 unspecified atom stereocenters. The van der Waals surface area contributed by atoms with Gasteiger partial charge in [0.1, 0.15) is 12.4 Å². The average molecular weight is 248 g/mol. The van der Waals surface area contributed by atoms with Crippen LogP contribution in [0.3, 0.4) is 0 Å². The molecular weight excluding hydrogens is 232 g/mol. The maximum Gasteiger partial charge on any atom is 0.429 e. The van der Waals surface area contributed by atoms with E-state index in [-0.39, 0.29) is 18.4 Å². The molecule has 0 radical (unpaired) electrons. The van der Waals surface area contributed by atoms with Crippen LogP contribution in [0.1, 0.15) is 24.8 Å². The highest BCUT2D eigenvalue weighted by Gasteiger charge is 2.32. The monoisotopic (exact) mass is 248 g/mol. The van der Waals surface area contributed by atoms with Gasteiger partial charge in [-0.05, 0) is 25.0 Å². The highest BCUT2D eigenvalue weighted by Crippen LogP contribution is 2.34. The second-order valence-electron chi connectivity index (χ2n) is 4.66. The molecule has 3 rings (SSSR count). The minimum Gasteiger partial charge on any atom is -0.507 e. The summed E-state index contributed by atoms with van der Waals surface area (Å²) in [6.45, 7) is 1.85. The lowest BCUT2D eigenvalue weighted by Gasteiger charge is -2.39. The number of phenols is 1. The molecule has 1 N–H and O–H groups in total. The Morgan fingerprint density at radius 2 is 1.94 bits per heavy atom. The molecule has 0 atom stereocenters. The normalized spacial score (nSPS) is 20.4. The van der Waals surface area contributed by atoms with E-state index in [0.29, 0.717) is 5.56 Å². The lowest BCUT2D eigenvalue weighted by Crippen LogP contribution is -2.51.